The molecule has 1 saturated carbocycles. The van der Waals surface area contributed by atoms with Gasteiger partial charge in [-0.05, 0) is 25.0 Å². The summed E-state index contributed by atoms with van der Waals surface area (Å²) in [6.07, 6.45) is 2.69. The summed E-state index contributed by atoms with van der Waals surface area (Å²) in [7, 11) is 3.06. The van der Waals surface area contributed by atoms with E-state index in [2.05, 4.69) is 35.8 Å². The van der Waals surface area contributed by atoms with Crippen LogP contribution in [0.5, 0.6) is 11.9 Å². The van der Waals surface area contributed by atoms with Gasteiger partial charge in [-0.2, -0.15) is 9.97 Å². The minimum Gasteiger partial charge on any atom is -0.481 e. The summed E-state index contributed by atoms with van der Waals surface area (Å²) in [6.45, 7) is 1.29. The summed E-state index contributed by atoms with van der Waals surface area (Å²) in [4.78, 5) is 41.5. The van der Waals surface area contributed by atoms with Gasteiger partial charge in [0.2, 0.25) is 5.88 Å². The van der Waals surface area contributed by atoms with E-state index in [-0.39, 0.29) is 18.0 Å². The molecule has 2 aliphatic rings. The van der Waals surface area contributed by atoms with Crippen molar-refractivity contribution in [3.05, 3.63) is 46.5 Å². The van der Waals surface area contributed by atoms with Crippen molar-refractivity contribution in [2.24, 2.45) is 0 Å². The zero-order valence-electron chi connectivity index (χ0n) is 19.3. The van der Waals surface area contributed by atoms with Gasteiger partial charge in [0.15, 0.2) is 5.13 Å². The van der Waals surface area contributed by atoms with Crippen molar-refractivity contribution in [3.63, 3.8) is 0 Å². The second-order valence-electron chi connectivity index (χ2n) is 8.19. The zero-order valence-corrected chi connectivity index (χ0v) is 20.1. The molecule has 1 aromatic carbocycles. The van der Waals surface area contributed by atoms with Crippen molar-refractivity contribution in [3.8, 4) is 11.9 Å². The molecule has 12 heteroatoms. The number of carbonyl (C=O) groups is 2. The molecule has 3 amide bonds. The lowest BCUT2D eigenvalue weighted by atomic mass is 10.1. The van der Waals surface area contributed by atoms with Gasteiger partial charge in [-0.25, -0.2) is 9.78 Å². The monoisotopic (exact) mass is 495 g/mol. The van der Waals surface area contributed by atoms with E-state index in [1.807, 2.05) is 0 Å². The molecule has 1 aliphatic heterocycles. The van der Waals surface area contributed by atoms with Crippen LogP contribution in [0.4, 0.5) is 21.4 Å². The number of amides is 3. The van der Waals surface area contributed by atoms with Crippen molar-refractivity contribution < 1.29 is 19.1 Å². The lowest BCUT2D eigenvalue weighted by molar-refractivity contribution is 0.0952. The SMILES string of the molecule is COc1cc(N2CCc3nc(NC(=O)Nc4ccccc4C(=O)NC4CC4)sc3C2)nc(OC)n1. The fourth-order valence-corrected chi connectivity index (χ4v) is 4.75. The summed E-state index contributed by atoms with van der Waals surface area (Å²) >= 11 is 1.41. The normalized spacial score (nSPS) is 14.6. The maximum Gasteiger partial charge on any atom is 0.325 e. The average Bonchev–Trinajstić information content (AvgIpc) is 3.59. The number of ether oxygens (including phenoxy) is 2. The third kappa shape index (κ3) is 5.27. The minimum absolute atomic E-state index is 0.189. The number of thiazole rings is 1. The number of nitrogens with zero attached hydrogens (tertiary/aromatic N) is 4. The highest BCUT2D eigenvalue weighted by Gasteiger charge is 2.26. The van der Waals surface area contributed by atoms with Crippen LogP contribution in [-0.4, -0.2) is 53.7 Å². The van der Waals surface area contributed by atoms with E-state index in [9.17, 15) is 9.59 Å². The molecular weight excluding hydrogens is 470 g/mol. The lowest BCUT2D eigenvalue weighted by Crippen LogP contribution is -2.30. The molecule has 0 bridgehead atoms. The Bertz CT molecular complexity index is 1240. The number of fused-ring (bicyclic) bond motifs is 1. The summed E-state index contributed by atoms with van der Waals surface area (Å²) in [5.41, 5.74) is 1.82. The van der Waals surface area contributed by atoms with Crippen molar-refractivity contribution in [1.82, 2.24) is 20.3 Å². The van der Waals surface area contributed by atoms with Crippen molar-refractivity contribution >= 4 is 39.9 Å². The van der Waals surface area contributed by atoms with Gasteiger partial charge in [-0.15, -0.1) is 0 Å². The van der Waals surface area contributed by atoms with Crippen LogP contribution >= 0.6 is 11.3 Å². The molecule has 0 saturated heterocycles. The van der Waals surface area contributed by atoms with Crippen LogP contribution in [0.1, 0.15) is 33.8 Å². The number of rotatable bonds is 7. The number of hydrogen-bond acceptors (Lipinski definition) is 9. The Kier molecular flexibility index (Phi) is 6.36. The standard InChI is InChI=1S/C23H25N7O4S/c1-33-19-11-18(27-22(28-19)34-2)30-10-9-16-17(12-30)35-23(26-16)29-21(32)25-15-6-4-3-5-14(15)20(31)24-13-7-8-13/h3-6,11,13H,7-10,12H2,1-2H3,(H,24,31)(H2,25,26,29,32). The smallest absolute Gasteiger partial charge is 0.325 e. The van der Waals surface area contributed by atoms with Gasteiger partial charge in [0, 0.05) is 30.0 Å². The molecule has 0 spiro atoms. The predicted octanol–water partition coefficient (Wildman–Crippen LogP) is 3.05. The lowest BCUT2D eigenvalue weighted by Gasteiger charge is -2.27. The number of benzene rings is 1. The number of carbonyl (C=O) groups excluding carboxylic acids is 2. The average molecular weight is 496 g/mol. The molecule has 3 heterocycles. The summed E-state index contributed by atoms with van der Waals surface area (Å²) < 4.78 is 10.4. The third-order valence-electron chi connectivity index (χ3n) is 5.67. The first kappa shape index (κ1) is 22.8. The second kappa shape index (κ2) is 9.74. The molecular formula is C23H25N7O4S. The van der Waals surface area contributed by atoms with Gasteiger partial charge in [0.05, 0.1) is 37.7 Å². The van der Waals surface area contributed by atoms with E-state index in [0.717, 1.165) is 23.4 Å². The largest absolute Gasteiger partial charge is 0.481 e. The Balaban J connectivity index is 1.25. The van der Waals surface area contributed by atoms with Crippen molar-refractivity contribution in [1.29, 1.82) is 0 Å². The fraction of sp³-hybridized carbons (Fsp3) is 0.348. The van der Waals surface area contributed by atoms with Gasteiger partial charge in [-0.1, -0.05) is 23.5 Å². The van der Waals surface area contributed by atoms with Crippen LogP contribution in [0.15, 0.2) is 30.3 Å². The first-order valence-corrected chi connectivity index (χ1v) is 12.0. The van der Waals surface area contributed by atoms with E-state index in [1.165, 1.54) is 18.4 Å². The summed E-state index contributed by atoms with van der Waals surface area (Å²) in [6, 6.07) is 8.72. The van der Waals surface area contributed by atoms with Crippen LogP contribution in [0, 0.1) is 0 Å². The quantitative estimate of drug-likeness (QED) is 0.456. The van der Waals surface area contributed by atoms with Gasteiger partial charge in [0.25, 0.3) is 5.91 Å². The van der Waals surface area contributed by atoms with Gasteiger partial charge in [0.1, 0.15) is 5.82 Å². The maximum atomic E-state index is 12.7. The highest BCUT2D eigenvalue weighted by atomic mass is 32.1. The molecule has 5 rings (SSSR count). The van der Waals surface area contributed by atoms with Gasteiger partial charge < -0.3 is 25.0 Å². The van der Waals surface area contributed by atoms with E-state index in [1.54, 1.807) is 37.4 Å². The molecule has 182 valence electrons. The number of aromatic nitrogens is 3. The van der Waals surface area contributed by atoms with E-state index in [0.29, 0.717) is 47.6 Å². The predicted molar refractivity (Wildman–Crippen MR) is 132 cm³/mol. The molecule has 35 heavy (non-hydrogen) atoms. The van der Waals surface area contributed by atoms with E-state index in [4.69, 9.17) is 9.47 Å². The molecule has 3 N–H and O–H groups in total. The van der Waals surface area contributed by atoms with E-state index >= 15 is 0 Å². The molecule has 0 unspecified atom stereocenters. The molecule has 3 aromatic rings. The first-order valence-electron chi connectivity index (χ1n) is 11.2. The zero-order chi connectivity index (χ0) is 24.4. The number of urea groups is 1. The van der Waals surface area contributed by atoms with Gasteiger partial charge in [-0.3, -0.25) is 10.1 Å². The minimum atomic E-state index is -0.454. The van der Waals surface area contributed by atoms with Crippen LogP contribution in [0.3, 0.4) is 0 Å². The van der Waals surface area contributed by atoms with E-state index < -0.39 is 6.03 Å². The molecule has 1 aliphatic carbocycles. The summed E-state index contributed by atoms with van der Waals surface area (Å²) in [5, 5.41) is 9.01. The van der Waals surface area contributed by atoms with Crippen LogP contribution < -0.4 is 30.3 Å². The highest BCUT2D eigenvalue weighted by molar-refractivity contribution is 7.15. The van der Waals surface area contributed by atoms with Crippen LogP contribution in [0.25, 0.3) is 0 Å². The number of hydrogen-bond donors (Lipinski definition) is 3. The van der Waals surface area contributed by atoms with Crippen molar-refractivity contribution in [2.45, 2.75) is 31.8 Å². The number of methoxy groups -OCH3 is 2. The molecule has 0 atom stereocenters. The number of nitrogens with one attached hydrogen (secondary N) is 3. The summed E-state index contributed by atoms with van der Waals surface area (Å²) in [5.74, 6) is 0.930. The Morgan fingerprint density at radius 2 is 1.91 bits per heavy atom. The Morgan fingerprint density at radius 3 is 2.69 bits per heavy atom. The Labute approximate surface area is 205 Å². The fourth-order valence-electron chi connectivity index (χ4n) is 3.73. The second-order valence-corrected chi connectivity index (χ2v) is 9.27. The molecule has 11 nitrogen and oxygen atoms in total. The third-order valence-corrected chi connectivity index (χ3v) is 6.67. The van der Waals surface area contributed by atoms with Crippen LogP contribution in [-0.2, 0) is 13.0 Å². The molecule has 2 aromatic heterocycles. The molecule has 1 fully saturated rings. The van der Waals surface area contributed by atoms with Crippen molar-refractivity contribution in [2.75, 3.05) is 36.3 Å². The number of para-hydroxylation sites is 1. The van der Waals surface area contributed by atoms with Gasteiger partial charge >= 0.3 is 12.0 Å². The highest BCUT2D eigenvalue weighted by Crippen LogP contribution is 2.32. The first-order chi connectivity index (χ1) is 17.0. The Morgan fingerprint density at radius 1 is 1.09 bits per heavy atom. The number of anilines is 3. The topological polar surface area (TPSA) is 131 Å². The van der Waals surface area contributed by atoms with Crippen LogP contribution in [0.2, 0.25) is 0 Å². The maximum absolute atomic E-state index is 12.7. The Hall–Kier alpha value is -3.93. The molecule has 0 radical (unpaired) electrons.